The molecular formula is C16H22N2O. The molecule has 3 heteroatoms. The lowest BCUT2D eigenvalue weighted by Crippen LogP contribution is -2.29. The SMILES string of the molecule is COc1cc(C)c2[nH]ccc2c1CN1CCCCC1. The average molecular weight is 258 g/mol. The van der Waals surface area contributed by atoms with E-state index in [2.05, 4.69) is 28.9 Å². The Kier molecular flexibility index (Phi) is 3.47. The van der Waals surface area contributed by atoms with Gasteiger partial charge in [0.05, 0.1) is 7.11 Å². The fourth-order valence-corrected chi connectivity index (χ4v) is 3.12. The largest absolute Gasteiger partial charge is 0.496 e. The third-order valence-corrected chi connectivity index (χ3v) is 4.16. The summed E-state index contributed by atoms with van der Waals surface area (Å²) in [7, 11) is 1.77. The molecule has 1 saturated heterocycles. The summed E-state index contributed by atoms with van der Waals surface area (Å²) in [6.45, 7) is 5.55. The fourth-order valence-electron chi connectivity index (χ4n) is 3.12. The van der Waals surface area contributed by atoms with Gasteiger partial charge in [0.2, 0.25) is 0 Å². The third-order valence-electron chi connectivity index (χ3n) is 4.16. The van der Waals surface area contributed by atoms with Crippen molar-refractivity contribution in [3.05, 3.63) is 29.5 Å². The molecule has 0 aliphatic carbocycles. The number of aromatic nitrogens is 1. The quantitative estimate of drug-likeness (QED) is 0.913. The van der Waals surface area contributed by atoms with Crippen molar-refractivity contribution in [3.8, 4) is 5.75 Å². The first-order valence-electron chi connectivity index (χ1n) is 7.15. The molecule has 1 N–H and O–H groups in total. The van der Waals surface area contributed by atoms with Gasteiger partial charge in [0.1, 0.15) is 5.75 Å². The van der Waals surface area contributed by atoms with Crippen LogP contribution in [-0.2, 0) is 6.54 Å². The molecule has 3 rings (SSSR count). The van der Waals surface area contributed by atoms with Gasteiger partial charge in [0.25, 0.3) is 0 Å². The number of piperidine rings is 1. The van der Waals surface area contributed by atoms with E-state index in [-0.39, 0.29) is 0 Å². The van der Waals surface area contributed by atoms with Gasteiger partial charge < -0.3 is 9.72 Å². The number of fused-ring (bicyclic) bond motifs is 1. The molecule has 0 amide bonds. The molecule has 1 aliphatic heterocycles. The maximum atomic E-state index is 5.60. The summed E-state index contributed by atoms with van der Waals surface area (Å²) in [5, 5.41) is 1.31. The van der Waals surface area contributed by atoms with Crippen molar-refractivity contribution < 1.29 is 4.74 Å². The van der Waals surface area contributed by atoms with Crippen LogP contribution in [0, 0.1) is 6.92 Å². The van der Waals surface area contributed by atoms with Crippen LogP contribution in [0.4, 0.5) is 0 Å². The third kappa shape index (κ3) is 2.35. The van der Waals surface area contributed by atoms with Crippen LogP contribution in [-0.4, -0.2) is 30.1 Å². The number of H-pyrrole nitrogens is 1. The summed E-state index contributed by atoms with van der Waals surface area (Å²) in [4.78, 5) is 5.89. The second-order valence-corrected chi connectivity index (χ2v) is 5.48. The molecule has 3 nitrogen and oxygen atoms in total. The van der Waals surface area contributed by atoms with E-state index >= 15 is 0 Å². The standard InChI is InChI=1S/C16H22N2O/c1-12-10-15(19-2)14(13-6-7-17-16(12)13)11-18-8-4-3-5-9-18/h6-7,10,17H,3-5,8-9,11H2,1-2H3. The molecule has 2 aromatic rings. The number of likely N-dealkylation sites (tertiary alicyclic amines) is 1. The highest BCUT2D eigenvalue weighted by Gasteiger charge is 2.16. The van der Waals surface area contributed by atoms with Gasteiger partial charge in [-0.2, -0.15) is 0 Å². The summed E-state index contributed by atoms with van der Waals surface area (Å²) in [6.07, 6.45) is 6.05. The number of benzene rings is 1. The van der Waals surface area contributed by atoms with Gasteiger partial charge in [0.15, 0.2) is 0 Å². The lowest BCUT2D eigenvalue weighted by molar-refractivity contribution is 0.219. The molecule has 19 heavy (non-hydrogen) atoms. The number of ether oxygens (including phenoxy) is 1. The zero-order chi connectivity index (χ0) is 13.2. The van der Waals surface area contributed by atoms with E-state index in [4.69, 9.17) is 4.74 Å². The molecule has 0 saturated carbocycles. The van der Waals surface area contributed by atoms with Gasteiger partial charge in [-0.1, -0.05) is 6.42 Å². The number of nitrogens with one attached hydrogen (secondary N) is 1. The van der Waals surface area contributed by atoms with Gasteiger partial charge in [-0.05, 0) is 50.6 Å². The summed E-state index contributed by atoms with van der Waals surface area (Å²) in [6, 6.07) is 4.32. The molecule has 102 valence electrons. The van der Waals surface area contributed by atoms with Crippen LogP contribution in [0.15, 0.2) is 18.3 Å². The fraction of sp³-hybridized carbons (Fsp3) is 0.500. The van der Waals surface area contributed by atoms with Crippen LogP contribution >= 0.6 is 0 Å². The lowest BCUT2D eigenvalue weighted by Gasteiger charge is -2.27. The summed E-state index contributed by atoms with van der Waals surface area (Å²) >= 11 is 0. The monoisotopic (exact) mass is 258 g/mol. The summed E-state index contributed by atoms with van der Waals surface area (Å²) in [5.74, 6) is 1.02. The topological polar surface area (TPSA) is 28.3 Å². The first kappa shape index (κ1) is 12.5. The zero-order valence-corrected chi connectivity index (χ0v) is 11.8. The van der Waals surface area contributed by atoms with E-state index in [1.54, 1.807) is 7.11 Å². The normalized spacial score (nSPS) is 16.9. The molecule has 1 aromatic heterocycles. The van der Waals surface area contributed by atoms with Gasteiger partial charge in [-0.15, -0.1) is 0 Å². The second-order valence-electron chi connectivity index (χ2n) is 5.48. The Balaban J connectivity index is 2.00. The maximum Gasteiger partial charge on any atom is 0.124 e. The van der Waals surface area contributed by atoms with Crippen LogP contribution < -0.4 is 4.74 Å². The van der Waals surface area contributed by atoms with E-state index in [1.165, 1.54) is 54.4 Å². The number of aromatic amines is 1. The van der Waals surface area contributed by atoms with Crippen molar-refractivity contribution in [3.63, 3.8) is 0 Å². The molecule has 2 heterocycles. The number of hydrogen-bond acceptors (Lipinski definition) is 2. The Hall–Kier alpha value is -1.48. The minimum atomic E-state index is 0.998. The maximum absolute atomic E-state index is 5.60. The van der Waals surface area contributed by atoms with E-state index in [1.807, 2.05) is 6.20 Å². The van der Waals surface area contributed by atoms with E-state index in [9.17, 15) is 0 Å². The van der Waals surface area contributed by atoms with Crippen LogP contribution in [0.2, 0.25) is 0 Å². The number of aryl methyl sites for hydroxylation is 1. The molecule has 1 aromatic carbocycles. The number of rotatable bonds is 3. The molecule has 0 unspecified atom stereocenters. The van der Waals surface area contributed by atoms with Crippen LogP contribution in [0.25, 0.3) is 10.9 Å². The van der Waals surface area contributed by atoms with E-state index < -0.39 is 0 Å². The molecule has 1 fully saturated rings. The highest BCUT2D eigenvalue weighted by atomic mass is 16.5. The Morgan fingerprint density at radius 2 is 2.05 bits per heavy atom. The van der Waals surface area contributed by atoms with Crippen molar-refractivity contribution >= 4 is 10.9 Å². The highest BCUT2D eigenvalue weighted by Crippen LogP contribution is 2.32. The molecule has 0 bridgehead atoms. The number of nitrogens with zero attached hydrogens (tertiary/aromatic N) is 1. The van der Waals surface area contributed by atoms with E-state index in [0.717, 1.165) is 12.3 Å². The van der Waals surface area contributed by atoms with Gasteiger partial charge in [-0.25, -0.2) is 0 Å². The Morgan fingerprint density at radius 3 is 2.79 bits per heavy atom. The highest BCUT2D eigenvalue weighted by molar-refractivity contribution is 5.88. The minimum absolute atomic E-state index is 0.998. The zero-order valence-electron chi connectivity index (χ0n) is 11.8. The summed E-state index contributed by atoms with van der Waals surface area (Å²) in [5.41, 5.74) is 3.82. The van der Waals surface area contributed by atoms with Crippen molar-refractivity contribution in [2.75, 3.05) is 20.2 Å². The molecule has 1 aliphatic rings. The number of methoxy groups -OCH3 is 1. The molecular weight excluding hydrogens is 236 g/mol. The Bertz CT molecular complexity index is 567. The first-order valence-corrected chi connectivity index (χ1v) is 7.15. The predicted molar refractivity (Wildman–Crippen MR) is 78.7 cm³/mol. The van der Waals surface area contributed by atoms with Crippen molar-refractivity contribution in [1.82, 2.24) is 9.88 Å². The van der Waals surface area contributed by atoms with Crippen molar-refractivity contribution in [2.24, 2.45) is 0 Å². The second kappa shape index (κ2) is 5.25. The Labute approximate surface area is 114 Å². The van der Waals surface area contributed by atoms with Crippen molar-refractivity contribution in [2.45, 2.75) is 32.7 Å². The van der Waals surface area contributed by atoms with Gasteiger partial charge in [0, 0.05) is 29.2 Å². The number of hydrogen-bond donors (Lipinski definition) is 1. The lowest BCUT2D eigenvalue weighted by atomic mass is 10.0. The summed E-state index contributed by atoms with van der Waals surface area (Å²) < 4.78 is 5.60. The van der Waals surface area contributed by atoms with Crippen LogP contribution in [0.3, 0.4) is 0 Å². The van der Waals surface area contributed by atoms with Crippen LogP contribution in [0.1, 0.15) is 30.4 Å². The van der Waals surface area contributed by atoms with Gasteiger partial charge >= 0.3 is 0 Å². The van der Waals surface area contributed by atoms with Crippen LogP contribution in [0.5, 0.6) is 5.75 Å². The molecule has 0 radical (unpaired) electrons. The molecule has 0 atom stereocenters. The predicted octanol–water partition coefficient (Wildman–Crippen LogP) is 3.47. The molecule has 0 spiro atoms. The first-order chi connectivity index (χ1) is 9.29. The van der Waals surface area contributed by atoms with E-state index in [0.29, 0.717) is 0 Å². The van der Waals surface area contributed by atoms with Gasteiger partial charge in [-0.3, -0.25) is 4.90 Å². The van der Waals surface area contributed by atoms with Crippen molar-refractivity contribution in [1.29, 1.82) is 0 Å². The average Bonchev–Trinajstić information content (AvgIpc) is 2.93. The smallest absolute Gasteiger partial charge is 0.124 e. The Morgan fingerprint density at radius 1 is 1.26 bits per heavy atom. The minimum Gasteiger partial charge on any atom is -0.496 e.